The third kappa shape index (κ3) is 2.13. The molecule has 0 aliphatic carbocycles. The maximum Gasteiger partial charge on any atom is 0.225 e. The van der Waals surface area contributed by atoms with Gasteiger partial charge in [-0.15, -0.1) is 0 Å². The Balaban J connectivity index is 2.31. The largest absolute Gasteiger partial charge is 0.374 e. The second-order valence-corrected chi connectivity index (χ2v) is 4.68. The molecule has 0 N–H and O–H groups in total. The molecule has 2 rings (SSSR count). The zero-order chi connectivity index (χ0) is 11.8. The Morgan fingerprint density at radius 1 is 1.38 bits per heavy atom. The van der Waals surface area contributed by atoms with E-state index in [0.29, 0.717) is 22.2 Å². The Kier molecular flexibility index (Phi) is 2.79. The van der Waals surface area contributed by atoms with E-state index >= 15 is 0 Å². The van der Waals surface area contributed by atoms with Crippen molar-refractivity contribution < 1.29 is 4.84 Å². The minimum Gasteiger partial charge on any atom is -0.374 e. The van der Waals surface area contributed by atoms with Gasteiger partial charge in [-0.25, -0.2) is 0 Å². The van der Waals surface area contributed by atoms with E-state index in [2.05, 4.69) is 11.2 Å². The van der Waals surface area contributed by atoms with Crippen LogP contribution in [0.5, 0.6) is 0 Å². The Morgan fingerprint density at radius 2 is 2.00 bits per heavy atom. The van der Waals surface area contributed by atoms with Crippen LogP contribution in [-0.4, -0.2) is 11.3 Å². The summed E-state index contributed by atoms with van der Waals surface area (Å²) in [6, 6.07) is 7.21. The van der Waals surface area contributed by atoms with Crippen molar-refractivity contribution in [1.29, 1.82) is 5.26 Å². The zero-order valence-corrected chi connectivity index (χ0v) is 10.0. The van der Waals surface area contributed by atoms with Crippen molar-refractivity contribution in [2.24, 2.45) is 5.16 Å². The molecule has 3 nitrogen and oxygen atoms in total. The second-order valence-electron chi connectivity index (χ2n) is 3.81. The van der Waals surface area contributed by atoms with Crippen molar-refractivity contribution in [2.45, 2.75) is 18.9 Å². The monoisotopic (exact) mass is 254 g/mol. The van der Waals surface area contributed by atoms with Crippen LogP contribution in [0.2, 0.25) is 10.0 Å². The number of hydrogen-bond donors (Lipinski definition) is 0. The molecule has 0 saturated heterocycles. The maximum atomic E-state index is 8.90. The Morgan fingerprint density at radius 3 is 2.50 bits per heavy atom. The van der Waals surface area contributed by atoms with Crippen LogP contribution in [-0.2, 0) is 4.84 Å². The van der Waals surface area contributed by atoms with Crippen LogP contribution >= 0.6 is 23.2 Å². The van der Waals surface area contributed by atoms with Gasteiger partial charge in [-0.3, -0.25) is 0 Å². The lowest BCUT2D eigenvalue weighted by atomic mass is 9.97. The predicted octanol–water partition coefficient (Wildman–Crippen LogP) is 3.40. The quantitative estimate of drug-likeness (QED) is 0.771. The summed E-state index contributed by atoms with van der Waals surface area (Å²) in [6.45, 7) is 1.69. The van der Waals surface area contributed by atoms with Crippen molar-refractivity contribution in [2.75, 3.05) is 0 Å². The Labute approximate surface area is 103 Å². The Hall–Kier alpha value is -1.24. The molecule has 1 aliphatic heterocycles. The molecular formula is C11H8Cl2N2O. The molecule has 1 unspecified atom stereocenters. The van der Waals surface area contributed by atoms with E-state index in [0.717, 1.165) is 5.56 Å². The lowest BCUT2D eigenvalue weighted by molar-refractivity contribution is 0.0425. The van der Waals surface area contributed by atoms with E-state index in [1.807, 2.05) is 0 Å². The molecule has 0 radical (unpaired) electrons. The van der Waals surface area contributed by atoms with Gasteiger partial charge in [-0.1, -0.05) is 28.4 Å². The SMILES string of the molecule is CC1(C#N)CC(c2cc(Cl)cc(Cl)c2)=NO1. The molecule has 1 heterocycles. The third-order valence-corrected chi connectivity index (χ3v) is 2.73. The van der Waals surface area contributed by atoms with Gasteiger partial charge < -0.3 is 4.84 Å². The molecule has 0 aromatic heterocycles. The first-order valence-corrected chi connectivity index (χ1v) is 5.41. The molecule has 82 valence electrons. The van der Waals surface area contributed by atoms with Crippen molar-refractivity contribution >= 4 is 28.9 Å². The third-order valence-electron chi connectivity index (χ3n) is 2.29. The van der Waals surface area contributed by atoms with Crippen molar-refractivity contribution in [3.8, 4) is 6.07 Å². The van der Waals surface area contributed by atoms with E-state index in [1.165, 1.54) is 0 Å². The lowest BCUT2D eigenvalue weighted by Gasteiger charge is -2.09. The van der Waals surface area contributed by atoms with Gasteiger partial charge in [-0.2, -0.15) is 5.26 Å². The smallest absolute Gasteiger partial charge is 0.225 e. The van der Waals surface area contributed by atoms with E-state index in [-0.39, 0.29) is 0 Å². The van der Waals surface area contributed by atoms with Crippen molar-refractivity contribution in [1.82, 2.24) is 0 Å². The van der Waals surface area contributed by atoms with Crippen LogP contribution in [0.4, 0.5) is 0 Å². The summed E-state index contributed by atoms with van der Waals surface area (Å²) >= 11 is 11.8. The number of oxime groups is 1. The average Bonchev–Trinajstić information content (AvgIpc) is 2.61. The molecular weight excluding hydrogens is 247 g/mol. The predicted molar refractivity (Wildman–Crippen MR) is 62.7 cm³/mol. The highest BCUT2D eigenvalue weighted by Gasteiger charge is 2.34. The molecule has 1 aromatic rings. The fourth-order valence-electron chi connectivity index (χ4n) is 1.48. The molecule has 0 fully saturated rings. The second kappa shape index (κ2) is 3.97. The molecule has 16 heavy (non-hydrogen) atoms. The normalized spacial score (nSPS) is 23.5. The van der Waals surface area contributed by atoms with Gasteiger partial charge in [0.05, 0.1) is 5.71 Å². The summed E-state index contributed by atoms with van der Waals surface area (Å²) < 4.78 is 0. The molecule has 1 aliphatic rings. The average molecular weight is 255 g/mol. The van der Waals surface area contributed by atoms with Gasteiger partial charge in [-0.05, 0) is 25.1 Å². The van der Waals surface area contributed by atoms with E-state index in [4.69, 9.17) is 33.3 Å². The number of nitrogens with zero attached hydrogens (tertiary/aromatic N) is 2. The highest BCUT2D eigenvalue weighted by Crippen LogP contribution is 2.28. The van der Waals surface area contributed by atoms with Crippen molar-refractivity contribution in [3.05, 3.63) is 33.8 Å². The van der Waals surface area contributed by atoms with Gasteiger partial charge in [0.25, 0.3) is 0 Å². The molecule has 0 saturated carbocycles. The van der Waals surface area contributed by atoms with Gasteiger partial charge >= 0.3 is 0 Å². The topological polar surface area (TPSA) is 45.4 Å². The van der Waals surface area contributed by atoms with Gasteiger partial charge in [0.2, 0.25) is 5.60 Å². The lowest BCUT2D eigenvalue weighted by Crippen LogP contribution is -2.21. The first kappa shape index (κ1) is 11.3. The molecule has 0 amide bonds. The molecule has 5 heteroatoms. The number of nitriles is 1. The number of benzene rings is 1. The van der Waals surface area contributed by atoms with E-state index in [1.54, 1.807) is 25.1 Å². The van der Waals surface area contributed by atoms with Crippen LogP contribution < -0.4 is 0 Å². The van der Waals surface area contributed by atoms with Crippen molar-refractivity contribution in [3.63, 3.8) is 0 Å². The number of hydrogen-bond acceptors (Lipinski definition) is 3. The van der Waals surface area contributed by atoms with Crippen LogP contribution in [0.3, 0.4) is 0 Å². The summed E-state index contributed by atoms with van der Waals surface area (Å²) in [5.41, 5.74) is 0.592. The summed E-state index contributed by atoms with van der Waals surface area (Å²) in [5, 5.41) is 13.9. The molecule has 0 bridgehead atoms. The first-order chi connectivity index (χ1) is 7.52. The maximum absolute atomic E-state index is 8.90. The number of rotatable bonds is 1. The number of halogens is 2. The van der Waals surface area contributed by atoms with Gasteiger partial charge in [0.15, 0.2) is 0 Å². The Bertz CT molecular complexity index is 487. The van der Waals surface area contributed by atoms with E-state index < -0.39 is 5.60 Å². The zero-order valence-electron chi connectivity index (χ0n) is 8.50. The van der Waals surface area contributed by atoms with E-state index in [9.17, 15) is 0 Å². The van der Waals surface area contributed by atoms with Crippen LogP contribution in [0.1, 0.15) is 18.9 Å². The van der Waals surface area contributed by atoms with Crippen LogP contribution in [0.25, 0.3) is 0 Å². The highest BCUT2D eigenvalue weighted by molar-refractivity contribution is 6.35. The summed E-state index contributed by atoms with van der Waals surface area (Å²) in [6.07, 6.45) is 0.431. The summed E-state index contributed by atoms with van der Waals surface area (Å²) in [7, 11) is 0. The first-order valence-electron chi connectivity index (χ1n) is 4.65. The summed E-state index contributed by atoms with van der Waals surface area (Å²) in [5.74, 6) is 0. The fraction of sp³-hybridized carbons (Fsp3) is 0.273. The summed E-state index contributed by atoms with van der Waals surface area (Å²) in [4.78, 5) is 5.08. The van der Waals surface area contributed by atoms with Crippen LogP contribution in [0.15, 0.2) is 23.4 Å². The fourth-order valence-corrected chi connectivity index (χ4v) is 2.00. The molecule has 0 spiro atoms. The van der Waals surface area contributed by atoms with Crippen LogP contribution in [0, 0.1) is 11.3 Å². The molecule has 1 atom stereocenters. The van der Waals surface area contributed by atoms with Gasteiger partial charge in [0, 0.05) is 22.0 Å². The molecule has 1 aromatic carbocycles. The van der Waals surface area contributed by atoms with Gasteiger partial charge in [0.1, 0.15) is 6.07 Å². The highest BCUT2D eigenvalue weighted by atomic mass is 35.5. The standard InChI is InChI=1S/C11H8Cl2N2O/c1-11(6-14)5-10(15-16-11)7-2-8(12)4-9(13)3-7/h2-4H,5H2,1H3. The minimum atomic E-state index is -0.885. The minimum absolute atomic E-state index is 0.431.